The normalized spacial score (nSPS) is 12.0. The summed E-state index contributed by atoms with van der Waals surface area (Å²) < 4.78 is 0. The quantitative estimate of drug-likeness (QED) is 0.259. The summed E-state index contributed by atoms with van der Waals surface area (Å²) in [4.78, 5) is 22.4. The van der Waals surface area contributed by atoms with Gasteiger partial charge in [-0.15, -0.1) is 0 Å². The summed E-state index contributed by atoms with van der Waals surface area (Å²) in [5.74, 6) is -1.52. The molecule has 0 radical (unpaired) electrons. The highest BCUT2D eigenvalue weighted by atomic mass is 16.4. The van der Waals surface area contributed by atoms with Gasteiger partial charge in [0.25, 0.3) is 0 Å². The number of carbonyl (C=O) groups is 2. The van der Waals surface area contributed by atoms with E-state index in [4.69, 9.17) is 0 Å². The van der Waals surface area contributed by atoms with Gasteiger partial charge in [0, 0.05) is 22.3 Å². The molecular formula is C36H58O6. The highest BCUT2D eigenvalue weighted by Crippen LogP contribution is 2.41. The Balaban J connectivity index is 0.000000672. The van der Waals surface area contributed by atoms with E-state index in [0.29, 0.717) is 22.3 Å². The van der Waals surface area contributed by atoms with Gasteiger partial charge in [-0.1, -0.05) is 123 Å². The maximum atomic E-state index is 11.2. The topological polar surface area (TPSA) is 115 Å². The molecule has 0 bridgehead atoms. The van der Waals surface area contributed by atoms with Gasteiger partial charge in [-0.2, -0.15) is 0 Å². The second kappa shape index (κ2) is 14.9. The number of phenolic OH excluding ortho intramolecular Hbond substituents is 2. The zero-order valence-electron chi connectivity index (χ0n) is 28.7. The third-order valence-corrected chi connectivity index (χ3v) is 6.90. The van der Waals surface area contributed by atoms with Crippen molar-refractivity contribution in [3.63, 3.8) is 0 Å². The van der Waals surface area contributed by atoms with Crippen LogP contribution in [0.1, 0.15) is 166 Å². The minimum Gasteiger partial charge on any atom is -0.507 e. The SMILES string of the molecule is CC(C)(C)c1cc(C(=O)O)cc(C(C)(C)C)c1O.CC(C)(C)c1cc(C(=O)O)cc(C(C)(C)C)c1O.CCCCCC. The minimum absolute atomic E-state index is 0.208. The molecule has 6 nitrogen and oxygen atoms in total. The smallest absolute Gasteiger partial charge is 0.335 e. The molecule has 0 atom stereocenters. The lowest BCUT2D eigenvalue weighted by molar-refractivity contribution is 0.0685. The molecule has 2 aromatic carbocycles. The minimum atomic E-state index is -0.967. The first-order valence-corrected chi connectivity index (χ1v) is 15.0. The van der Waals surface area contributed by atoms with Gasteiger partial charge in [-0.25, -0.2) is 9.59 Å². The zero-order valence-corrected chi connectivity index (χ0v) is 28.7. The molecule has 0 amide bonds. The third kappa shape index (κ3) is 11.7. The summed E-state index contributed by atoms with van der Waals surface area (Å²) in [5, 5.41) is 39.1. The molecule has 0 aliphatic heterocycles. The molecule has 0 heterocycles. The number of aromatic hydroxyl groups is 2. The second-order valence-corrected chi connectivity index (χ2v) is 15.2. The number of rotatable bonds is 5. The lowest BCUT2D eigenvalue weighted by Gasteiger charge is -2.27. The molecule has 2 aromatic rings. The van der Waals surface area contributed by atoms with Crippen molar-refractivity contribution in [2.45, 2.75) is 144 Å². The Kier molecular flexibility index (Phi) is 13.9. The lowest BCUT2D eigenvalue weighted by atomic mass is 9.78. The van der Waals surface area contributed by atoms with Crippen molar-refractivity contribution >= 4 is 11.9 Å². The van der Waals surface area contributed by atoms with Crippen molar-refractivity contribution in [2.24, 2.45) is 0 Å². The standard InChI is InChI=1S/2C15H22O3.C6H14/c2*1-14(2,3)10-7-9(13(17)18)8-11(12(10)16)15(4,5)6;1-3-5-6-4-2/h2*7-8,16H,1-6H3,(H,17,18);3-6H2,1-2H3. The monoisotopic (exact) mass is 586 g/mol. The van der Waals surface area contributed by atoms with E-state index in [1.165, 1.54) is 25.7 Å². The number of unbranched alkanes of at least 4 members (excludes halogenated alkanes) is 3. The molecule has 42 heavy (non-hydrogen) atoms. The fourth-order valence-electron chi connectivity index (χ4n) is 4.30. The molecule has 0 fully saturated rings. The number of aromatic carboxylic acids is 2. The van der Waals surface area contributed by atoms with Gasteiger partial charge < -0.3 is 20.4 Å². The van der Waals surface area contributed by atoms with E-state index in [-0.39, 0.29) is 44.3 Å². The molecule has 0 spiro atoms. The van der Waals surface area contributed by atoms with Gasteiger partial charge in [0.1, 0.15) is 11.5 Å². The number of carboxylic acid groups (broad SMARTS) is 2. The number of hydrogen-bond acceptors (Lipinski definition) is 4. The second-order valence-electron chi connectivity index (χ2n) is 15.2. The van der Waals surface area contributed by atoms with Crippen LogP contribution in [0.3, 0.4) is 0 Å². The molecule has 238 valence electrons. The molecule has 6 heteroatoms. The van der Waals surface area contributed by atoms with Crippen LogP contribution in [-0.2, 0) is 21.7 Å². The third-order valence-electron chi connectivity index (χ3n) is 6.90. The van der Waals surface area contributed by atoms with Crippen LogP contribution in [0.15, 0.2) is 24.3 Å². The maximum Gasteiger partial charge on any atom is 0.335 e. The van der Waals surface area contributed by atoms with E-state index in [2.05, 4.69) is 13.8 Å². The van der Waals surface area contributed by atoms with E-state index in [9.17, 15) is 30.0 Å². The summed E-state index contributed by atoms with van der Waals surface area (Å²) >= 11 is 0. The lowest BCUT2D eigenvalue weighted by Crippen LogP contribution is -2.18. The Labute approximate surface area is 255 Å². The van der Waals surface area contributed by atoms with Crippen molar-refractivity contribution in [1.82, 2.24) is 0 Å². The number of hydrogen-bond donors (Lipinski definition) is 4. The van der Waals surface area contributed by atoms with Gasteiger partial charge in [0.15, 0.2) is 0 Å². The van der Waals surface area contributed by atoms with E-state index >= 15 is 0 Å². The first-order valence-electron chi connectivity index (χ1n) is 15.0. The van der Waals surface area contributed by atoms with Crippen molar-refractivity contribution in [3.05, 3.63) is 57.6 Å². The molecule has 2 rings (SSSR count). The van der Waals surface area contributed by atoms with Crippen LogP contribution >= 0.6 is 0 Å². The predicted molar refractivity (Wildman–Crippen MR) is 175 cm³/mol. The van der Waals surface area contributed by atoms with Crippen LogP contribution in [0.5, 0.6) is 11.5 Å². The van der Waals surface area contributed by atoms with Crippen LogP contribution < -0.4 is 0 Å². The van der Waals surface area contributed by atoms with Gasteiger partial charge in [0.2, 0.25) is 0 Å². The Morgan fingerprint density at radius 1 is 0.500 bits per heavy atom. The van der Waals surface area contributed by atoms with Crippen LogP contribution in [0, 0.1) is 0 Å². The average Bonchev–Trinajstić information content (AvgIpc) is 2.80. The summed E-state index contributed by atoms with van der Waals surface area (Å²) in [7, 11) is 0. The fourth-order valence-corrected chi connectivity index (χ4v) is 4.30. The molecule has 0 saturated heterocycles. The number of benzene rings is 2. The first-order chi connectivity index (χ1) is 18.8. The summed E-state index contributed by atoms with van der Waals surface area (Å²) in [6.45, 7) is 28.0. The zero-order chi connectivity index (χ0) is 33.4. The Bertz CT molecular complexity index is 1030. The highest BCUT2D eigenvalue weighted by molar-refractivity contribution is 5.89. The van der Waals surface area contributed by atoms with Crippen molar-refractivity contribution in [1.29, 1.82) is 0 Å². The number of carboxylic acids is 2. The highest BCUT2D eigenvalue weighted by Gasteiger charge is 2.29. The molecule has 0 aliphatic rings. The number of phenols is 2. The molecule has 0 aliphatic carbocycles. The largest absolute Gasteiger partial charge is 0.507 e. The van der Waals surface area contributed by atoms with Crippen LogP contribution in [-0.4, -0.2) is 32.4 Å². The summed E-state index contributed by atoms with van der Waals surface area (Å²) in [6.07, 6.45) is 5.54. The van der Waals surface area contributed by atoms with Crippen molar-refractivity contribution in [3.8, 4) is 11.5 Å². The predicted octanol–water partition coefficient (Wildman–Crippen LogP) is 9.96. The van der Waals surface area contributed by atoms with E-state index in [1.807, 2.05) is 83.1 Å². The van der Waals surface area contributed by atoms with Gasteiger partial charge in [-0.3, -0.25) is 0 Å². The van der Waals surface area contributed by atoms with E-state index < -0.39 is 11.9 Å². The van der Waals surface area contributed by atoms with Crippen molar-refractivity contribution < 1.29 is 30.0 Å². The first kappa shape index (κ1) is 39.0. The Morgan fingerprint density at radius 2 is 0.690 bits per heavy atom. The maximum absolute atomic E-state index is 11.2. The van der Waals surface area contributed by atoms with E-state index in [1.54, 1.807) is 24.3 Å². The Hall–Kier alpha value is -3.02. The molecule has 0 aromatic heterocycles. The summed E-state index contributed by atoms with van der Waals surface area (Å²) in [5.41, 5.74) is 1.96. The van der Waals surface area contributed by atoms with Crippen LogP contribution in [0.2, 0.25) is 0 Å². The van der Waals surface area contributed by atoms with Crippen LogP contribution in [0.25, 0.3) is 0 Å². The summed E-state index contributed by atoms with van der Waals surface area (Å²) in [6, 6.07) is 6.25. The van der Waals surface area contributed by atoms with Gasteiger partial charge >= 0.3 is 11.9 Å². The van der Waals surface area contributed by atoms with E-state index in [0.717, 1.165) is 0 Å². The van der Waals surface area contributed by atoms with Gasteiger partial charge in [0.05, 0.1) is 11.1 Å². The van der Waals surface area contributed by atoms with Crippen molar-refractivity contribution in [2.75, 3.05) is 0 Å². The van der Waals surface area contributed by atoms with Gasteiger partial charge in [-0.05, 0) is 45.9 Å². The molecular weight excluding hydrogens is 528 g/mol. The molecule has 0 saturated carbocycles. The molecule has 0 unspecified atom stereocenters. The fraction of sp³-hybridized carbons (Fsp3) is 0.611. The average molecular weight is 587 g/mol. The molecule has 4 N–H and O–H groups in total. The Morgan fingerprint density at radius 3 is 0.810 bits per heavy atom. The van der Waals surface area contributed by atoms with Crippen LogP contribution in [0.4, 0.5) is 0 Å².